The molecule has 0 unspecified atom stereocenters. The predicted octanol–water partition coefficient (Wildman–Crippen LogP) is 3.58. The van der Waals surface area contributed by atoms with Crippen LogP contribution in [-0.4, -0.2) is 21.5 Å². The maximum Gasteiger partial charge on any atom is 0.226 e. The van der Waals surface area contributed by atoms with E-state index in [9.17, 15) is 9.59 Å². The molecular weight excluding hydrogens is 302 g/mol. The molecular formula is C19H19N3O2. The lowest BCUT2D eigenvalue weighted by Crippen LogP contribution is -2.15. The molecule has 5 nitrogen and oxygen atoms in total. The van der Waals surface area contributed by atoms with Gasteiger partial charge in [-0.2, -0.15) is 5.10 Å². The Balaban J connectivity index is 1.66. The van der Waals surface area contributed by atoms with E-state index in [0.29, 0.717) is 24.2 Å². The number of aryl methyl sites for hydroxylation is 2. The Hall–Kier alpha value is -2.95. The number of ketones is 1. The second-order valence-electron chi connectivity index (χ2n) is 5.81. The summed E-state index contributed by atoms with van der Waals surface area (Å²) in [6, 6.07) is 13.0. The van der Waals surface area contributed by atoms with Crippen molar-refractivity contribution in [1.82, 2.24) is 9.78 Å². The molecule has 0 aliphatic rings. The molecule has 0 saturated heterocycles. The summed E-state index contributed by atoms with van der Waals surface area (Å²) in [4.78, 5) is 23.5. The maximum atomic E-state index is 12.2. The van der Waals surface area contributed by atoms with E-state index in [2.05, 4.69) is 10.4 Å². The molecule has 3 aromatic rings. The van der Waals surface area contributed by atoms with Crippen molar-refractivity contribution in [2.75, 3.05) is 5.32 Å². The van der Waals surface area contributed by atoms with Gasteiger partial charge in [0, 0.05) is 23.1 Å². The van der Waals surface area contributed by atoms with Crippen LogP contribution >= 0.6 is 0 Å². The highest BCUT2D eigenvalue weighted by Gasteiger charge is 2.08. The van der Waals surface area contributed by atoms with Crippen molar-refractivity contribution in [2.45, 2.75) is 26.8 Å². The molecule has 0 saturated carbocycles. The SMILES string of the molecule is CC(=O)c1cccc(NC(=O)CCn2ncc3c(C)cccc32)c1. The van der Waals surface area contributed by atoms with Crippen molar-refractivity contribution in [2.24, 2.45) is 0 Å². The van der Waals surface area contributed by atoms with Crippen molar-refractivity contribution >= 4 is 28.3 Å². The first-order valence-electron chi connectivity index (χ1n) is 7.86. The molecule has 1 N–H and O–H groups in total. The summed E-state index contributed by atoms with van der Waals surface area (Å²) >= 11 is 0. The number of hydrogen-bond donors (Lipinski definition) is 1. The number of fused-ring (bicyclic) bond motifs is 1. The Labute approximate surface area is 140 Å². The van der Waals surface area contributed by atoms with Gasteiger partial charge in [0.1, 0.15) is 0 Å². The van der Waals surface area contributed by atoms with Crippen LogP contribution in [0.25, 0.3) is 10.9 Å². The van der Waals surface area contributed by atoms with Crippen molar-refractivity contribution in [3.8, 4) is 0 Å². The third kappa shape index (κ3) is 3.35. The minimum atomic E-state index is -0.105. The highest BCUT2D eigenvalue weighted by Crippen LogP contribution is 2.18. The summed E-state index contributed by atoms with van der Waals surface area (Å²) in [6.07, 6.45) is 2.15. The van der Waals surface area contributed by atoms with Gasteiger partial charge in [0.15, 0.2) is 5.78 Å². The van der Waals surface area contributed by atoms with Gasteiger partial charge in [-0.15, -0.1) is 0 Å². The second kappa shape index (κ2) is 6.66. The number of carbonyl (C=O) groups excluding carboxylic acids is 2. The molecule has 1 amide bonds. The first kappa shape index (κ1) is 15.9. The van der Waals surface area contributed by atoms with Gasteiger partial charge in [-0.05, 0) is 37.6 Å². The summed E-state index contributed by atoms with van der Waals surface area (Å²) in [5.41, 5.74) is 3.42. The normalized spacial score (nSPS) is 10.8. The van der Waals surface area contributed by atoms with Crippen molar-refractivity contribution in [3.05, 3.63) is 59.8 Å². The van der Waals surface area contributed by atoms with Gasteiger partial charge in [0.2, 0.25) is 5.91 Å². The predicted molar refractivity (Wildman–Crippen MR) is 94.2 cm³/mol. The van der Waals surface area contributed by atoms with E-state index in [0.717, 1.165) is 10.9 Å². The Bertz CT molecular complexity index is 912. The van der Waals surface area contributed by atoms with E-state index in [1.807, 2.05) is 36.0 Å². The van der Waals surface area contributed by atoms with Crippen LogP contribution in [0.4, 0.5) is 5.69 Å². The van der Waals surface area contributed by atoms with Crippen LogP contribution in [0.15, 0.2) is 48.7 Å². The highest BCUT2D eigenvalue weighted by atomic mass is 16.1. The number of rotatable bonds is 5. The zero-order valence-corrected chi connectivity index (χ0v) is 13.7. The minimum Gasteiger partial charge on any atom is -0.326 e. The molecule has 122 valence electrons. The van der Waals surface area contributed by atoms with Gasteiger partial charge in [0.25, 0.3) is 0 Å². The van der Waals surface area contributed by atoms with Crippen molar-refractivity contribution in [1.29, 1.82) is 0 Å². The first-order chi connectivity index (χ1) is 11.5. The van der Waals surface area contributed by atoms with Crippen LogP contribution < -0.4 is 5.32 Å². The van der Waals surface area contributed by atoms with Gasteiger partial charge in [-0.1, -0.05) is 24.3 Å². The van der Waals surface area contributed by atoms with Crippen LogP contribution in [0.5, 0.6) is 0 Å². The zero-order chi connectivity index (χ0) is 17.1. The van der Waals surface area contributed by atoms with Crippen LogP contribution in [0.3, 0.4) is 0 Å². The summed E-state index contributed by atoms with van der Waals surface area (Å²) in [6.45, 7) is 4.06. The molecule has 2 aromatic carbocycles. The zero-order valence-electron chi connectivity index (χ0n) is 13.7. The Kier molecular flexibility index (Phi) is 4.42. The third-order valence-corrected chi connectivity index (χ3v) is 4.01. The molecule has 3 rings (SSSR count). The number of amides is 1. The lowest BCUT2D eigenvalue weighted by Gasteiger charge is -2.07. The average molecular weight is 321 g/mol. The number of Topliss-reactive ketones (excluding diaryl/α,β-unsaturated/α-hetero) is 1. The first-order valence-corrected chi connectivity index (χ1v) is 7.86. The molecule has 0 bridgehead atoms. The third-order valence-electron chi connectivity index (χ3n) is 4.01. The summed E-state index contributed by atoms with van der Waals surface area (Å²) in [5.74, 6) is -0.128. The monoisotopic (exact) mass is 321 g/mol. The molecule has 0 fully saturated rings. The molecule has 0 atom stereocenters. The molecule has 1 aromatic heterocycles. The topological polar surface area (TPSA) is 64.0 Å². The van der Waals surface area contributed by atoms with Crippen molar-refractivity contribution in [3.63, 3.8) is 0 Å². The minimum absolute atomic E-state index is 0.0236. The summed E-state index contributed by atoms with van der Waals surface area (Å²) < 4.78 is 1.84. The lowest BCUT2D eigenvalue weighted by atomic mass is 10.1. The lowest BCUT2D eigenvalue weighted by molar-refractivity contribution is -0.116. The smallest absolute Gasteiger partial charge is 0.226 e. The maximum absolute atomic E-state index is 12.2. The molecule has 0 spiro atoms. The fourth-order valence-electron chi connectivity index (χ4n) is 2.67. The van der Waals surface area contributed by atoms with E-state index in [4.69, 9.17) is 0 Å². The standard InChI is InChI=1S/C19H19N3O2/c1-13-5-3-8-18-17(13)12-20-22(18)10-9-19(24)21-16-7-4-6-15(11-16)14(2)23/h3-8,11-12H,9-10H2,1-2H3,(H,21,24). The Morgan fingerprint density at radius 3 is 2.75 bits per heavy atom. The molecule has 0 aliphatic heterocycles. The van der Waals surface area contributed by atoms with Gasteiger partial charge in [-0.3, -0.25) is 14.3 Å². The van der Waals surface area contributed by atoms with E-state index in [1.165, 1.54) is 12.5 Å². The van der Waals surface area contributed by atoms with Gasteiger partial charge in [-0.25, -0.2) is 0 Å². The second-order valence-corrected chi connectivity index (χ2v) is 5.81. The van der Waals surface area contributed by atoms with Crippen LogP contribution in [0.1, 0.15) is 29.3 Å². The number of nitrogens with zero attached hydrogens (tertiary/aromatic N) is 2. The van der Waals surface area contributed by atoms with Crippen LogP contribution in [0, 0.1) is 6.92 Å². The van der Waals surface area contributed by atoms with E-state index < -0.39 is 0 Å². The summed E-state index contributed by atoms with van der Waals surface area (Å²) in [7, 11) is 0. The fraction of sp³-hybridized carbons (Fsp3) is 0.211. The van der Waals surface area contributed by atoms with Crippen LogP contribution in [0.2, 0.25) is 0 Å². The van der Waals surface area contributed by atoms with Gasteiger partial charge in [0.05, 0.1) is 18.3 Å². The highest BCUT2D eigenvalue weighted by molar-refractivity contribution is 5.97. The molecule has 5 heteroatoms. The average Bonchev–Trinajstić information content (AvgIpc) is 2.98. The number of nitrogens with one attached hydrogen (secondary N) is 1. The van der Waals surface area contributed by atoms with Gasteiger partial charge < -0.3 is 5.32 Å². The quantitative estimate of drug-likeness (QED) is 0.731. The Morgan fingerprint density at radius 1 is 1.17 bits per heavy atom. The van der Waals surface area contributed by atoms with Crippen LogP contribution in [-0.2, 0) is 11.3 Å². The van der Waals surface area contributed by atoms with E-state index in [-0.39, 0.29) is 11.7 Å². The van der Waals surface area contributed by atoms with Crippen molar-refractivity contribution < 1.29 is 9.59 Å². The largest absolute Gasteiger partial charge is 0.326 e. The van der Waals surface area contributed by atoms with Gasteiger partial charge >= 0.3 is 0 Å². The number of carbonyl (C=O) groups is 2. The Morgan fingerprint density at radius 2 is 1.96 bits per heavy atom. The molecule has 24 heavy (non-hydrogen) atoms. The number of benzene rings is 2. The molecule has 0 radical (unpaired) electrons. The molecule has 1 heterocycles. The van der Waals surface area contributed by atoms with E-state index >= 15 is 0 Å². The number of aromatic nitrogens is 2. The summed E-state index contributed by atoms with van der Waals surface area (Å²) in [5, 5.41) is 8.30. The number of anilines is 1. The number of hydrogen-bond acceptors (Lipinski definition) is 3. The van der Waals surface area contributed by atoms with E-state index in [1.54, 1.807) is 24.3 Å². The molecule has 0 aliphatic carbocycles. The fourth-order valence-corrected chi connectivity index (χ4v) is 2.67.